The highest BCUT2D eigenvalue weighted by molar-refractivity contribution is 5.29. The molecule has 3 N–H and O–H groups in total. The minimum atomic E-state index is -0.644. The maximum Gasteiger partial charge on any atom is 0.119 e. The van der Waals surface area contributed by atoms with Crippen molar-refractivity contribution in [3.63, 3.8) is 0 Å². The van der Waals surface area contributed by atoms with E-state index in [1.165, 1.54) is 25.7 Å². The van der Waals surface area contributed by atoms with Crippen molar-refractivity contribution < 1.29 is 14.6 Å². The molecule has 1 aromatic carbocycles. The summed E-state index contributed by atoms with van der Waals surface area (Å²) in [5.74, 6) is 0.741. The van der Waals surface area contributed by atoms with E-state index in [1.54, 1.807) is 7.11 Å². The molecule has 1 fully saturated rings. The van der Waals surface area contributed by atoms with Crippen LogP contribution >= 0.6 is 0 Å². The summed E-state index contributed by atoms with van der Waals surface area (Å²) in [6.45, 7) is 0.792. The minimum absolute atomic E-state index is 0.218. The van der Waals surface area contributed by atoms with Crippen LogP contribution in [0.2, 0.25) is 0 Å². The Kier molecular flexibility index (Phi) is 6.03. The van der Waals surface area contributed by atoms with Crippen molar-refractivity contribution in [2.24, 2.45) is 5.73 Å². The molecule has 1 aliphatic carbocycles. The van der Waals surface area contributed by atoms with Gasteiger partial charge in [0.05, 0.1) is 20.3 Å². The van der Waals surface area contributed by atoms with E-state index in [0.717, 1.165) is 24.2 Å². The first-order valence-corrected chi connectivity index (χ1v) is 7.82. The Labute approximate surface area is 127 Å². The molecular weight excluding hydrogens is 266 g/mol. The van der Waals surface area contributed by atoms with Crippen LogP contribution in [0.4, 0.5) is 0 Å². The lowest BCUT2D eigenvalue weighted by Gasteiger charge is -2.28. The molecule has 1 atom stereocenters. The Balaban J connectivity index is 1.81. The Morgan fingerprint density at radius 1 is 1.24 bits per heavy atom. The van der Waals surface area contributed by atoms with Gasteiger partial charge >= 0.3 is 0 Å². The summed E-state index contributed by atoms with van der Waals surface area (Å²) in [7, 11) is 1.62. The predicted molar refractivity (Wildman–Crippen MR) is 83.4 cm³/mol. The number of ether oxygens (including phenoxy) is 2. The zero-order valence-electron chi connectivity index (χ0n) is 12.9. The summed E-state index contributed by atoms with van der Waals surface area (Å²) in [5.41, 5.74) is 6.99. The molecule has 0 aliphatic heterocycles. The van der Waals surface area contributed by atoms with E-state index in [4.69, 9.17) is 15.2 Å². The lowest BCUT2D eigenvalue weighted by Crippen LogP contribution is -2.44. The summed E-state index contributed by atoms with van der Waals surface area (Å²) in [6, 6.07) is 7.43. The van der Waals surface area contributed by atoms with Crippen molar-refractivity contribution in [1.82, 2.24) is 0 Å². The molecule has 0 heterocycles. The van der Waals surface area contributed by atoms with Gasteiger partial charge in [0.2, 0.25) is 0 Å². The van der Waals surface area contributed by atoms with E-state index in [9.17, 15) is 5.11 Å². The van der Waals surface area contributed by atoms with Crippen molar-refractivity contribution in [3.8, 4) is 5.75 Å². The summed E-state index contributed by atoms with van der Waals surface area (Å²) in [4.78, 5) is 0. The van der Waals surface area contributed by atoms with Gasteiger partial charge in [-0.25, -0.2) is 0 Å². The number of aliphatic hydroxyl groups is 1. The van der Waals surface area contributed by atoms with Gasteiger partial charge in [0.15, 0.2) is 0 Å². The second-order valence-corrected chi connectivity index (χ2v) is 6.08. The fourth-order valence-electron chi connectivity index (χ4n) is 2.90. The SMILES string of the molecule is COc1cccc(C(O)COCC2(N)CCCCCC2)c1. The monoisotopic (exact) mass is 293 g/mol. The summed E-state index contributed by atoms with van der Waals surface area (Å²) in [6.07, 6.45) is 6.28. The van der Waals surface area contributed by atoms with Crippen LogP contribution in [0.5, 0.6) is 5.75 Å². The molecule has 0 bridgehead atoms. The molecule has 1 aromatic rings. The van der Waals surface area contributed by atoms with Gasteiger partial charge in [-0.05, 0) is 30.5 Å². The van der Waals surface area contributed by atoms with Gasteiger partial charge in [-0.15, -0.1) is 0 Å². The fourth-order valence-corrected chi connectivity index (χ4v) is 2.90. The normalized spacial score (nSPS) is 19.8. The van der Waals surface area contributed by atoms with Gasteiger partial charge in [-0.2, -0.15) is 0 Å². The van der Waals surface area contributed by atoms with Crippen LogP contribution in [-0.2, 0) is 4.74 Å². The van der Waals surface area contributed by atoms with Crippen LogP contribution in [-0.4, -0.2) is 31.0 Å². The number of methoxy groups -OCH3 is 1. The lowest BCUT2D eigenvalue weighted by molar-refractivity contribution is 0.0106. The van der Waals surface area contributed by atoms with E-state index in [-0.39, 0.29) is 12.1 Å². The van der Waals surface area contributed by atoms with Gasteiger partial charge in [-0.3, -0.25) is 0 Å². The number of hydrogen-bond donors (Lipinski definition) is 2. The average Bonchev–Trinajstić information content (AvgIpc) is 2.72. The zero-order valence-corrected chi connectivity index (χ0v) is 12.9. The molecule has 4 heteroatoms. The molecule has 2 rings (SSSR count). The zero-order chi connectivity index (χ0) is 15.1. The highest BCUT2D eigenvalue weighted by Gasteiger charge is 2.26. The number of benzene rings is 1. The Hall–Kier alpha value is -1.10. The third-order valence-corrected chi connectivity index (χ3v) is 4.24. The third-order valence-electron chi connectivity index (χ3n) is 4.24. The van der Waals surface area contributed by atoms with E-state index in [2.05, 4.69) is 0 Å². The van der Waals surface area contributed by atoms with E-state index < -0.39 is 6.10 Å². The molecule has 4 nitrogen and oxygen atoms in total. The van der Waals surface area contributed by atoms with E-state index in [1.807, 2.05) is 24.3 Å². The largest absolute Gasteiger partial charge is 0.497 e. The van der Waals surface area contributed by atoms with Gasteiger partial charge in [0.1, 0.15) is 11.9 Å². The molecule has 0 spiro atoms. The topological polar surface area (TPSA) is 64.7 Å². The molecule has 1 unspecified atom stereocenters. The second-order valence-electron chi connectivity index (χ2n) is 6.08. The quantitative estimate of drug-likeness (QED) is 0.792. The van der Waals surface area contributed by atoms with Crippen molar-refractivity contribution in [2.45, 2.75) is 50.2 Å². The van der Waals surface area contributed by atoms with Crippen LogP contribution in [0.15, 0.2) is 24.3 Å². The van der Waals surface area contributed by atoms with Gasteiger partial charge in [0, 0.05) is 5.54 Å². The first kappa shape index (κ1) is 16.3. The molecule has 0 radical (unpaired) electrons. The smallest absolute Gasteiger partial charge is 0.119 e. The number of nitrogens with two attached hydrogens (primary N) is 1. The van der Waals surface area contributed by atoms with Gasteiger partial charge in [0.25, 0.3) is 0 Å². The minimum Gasteiger partial charge on any atom is -0.497 e. The summed E-state index contributed by atoms with van der Waals surface area (Å²) in [5, 5.41) is 10.2. The first-order valence-electron chi connectivity index (χ1n) is 7.82. The van der Waals surface area contributed by atoms with E-state index in [0.29, 0.717) is 6.61 Å². The Morgan fingerprint density at radius 2 is 1.95 bits per heavy atom. The average molecular weight is 293 g/mol. The molecule has 118 valence electrons. The molecule has 1 aliphatic rings. The molecule has 0 aromatic heterocycles. The second kappa shape index (κ2) is 7.78. The van der Waals surface area contributed by atoms with E-state index >= 15 is 0 Å². The Morgan fingerprint density at radius 3 is 2.62 bits per heavy atom. The fraction of sp³-hybridized carbons (Fsp3) is 0.647. The van der Waals surface area contributed by atoms with Crippen LogP contribution in [0.3, 0.4) is 0 Å². The van der Waals surface area contributed by atoms with Crippen molar-refractivity contribution in [2.75, 3.05) is 20.3 Å². The highest BCUT2D eigenvalue weighted by Crippen LogP contribution is 2.26. The first-order chi connectivity index (χ1) is 10.1. The van der Waals surface area contributed by atoms with Crippen molar-refractivity contribution >= 4 is 0 Å². The van der Waals surface area contributed by atoms with Gasteiger partial charge < -0.3 is 20.3 Å². The molecule has 21 heavy (non-hydrogen) atoms. The predicted octanol–water partition coefficient (Wildman–Crippen LogP) is 2.80. The van der Waals surface area contributed by atoms with Crippen molar-refractivity contribution in [3.05, 3.63) is 29.8 Å². The standard InChI is InChI=1S/C17H27NO3/c1-20-15-8-6-7-14(11-15)16(19)12-21-13-17(18)9-4-2-3-5-10-17/h6-8,11,16,19H,2-5,9-10,12-13,18H2,1H3. The maximum absolute atomic E-state index is 10.2. The number of aliphatic hydroxyl groups excluding tert-OH is 1. The number of hydrogen-bond acceptors (Lipinski definition) is 4. The number of rotatable bonds is 6. The van der Waals surface area contributed by atoms with Crippen LogP contribution < -0.4 is 10.5 Å². The third kappa shape index (κ3) is 4.99. The highest BCUT2D eigenvalue weighted by atomic mass is 16.5. The molecule has 0 amide bonds. The van der Waals surface area contributed by atoms with Crippen molar-refractivity contribution in [1.29, 1.82) is 0 Å². The van der Waals surface area contributed by atoms with Crippen LogP contribution in [0.25, 0.3) is 0 Å². The molecule has 1 saturated carbocycles. The van der Waals surface area contributed by atoms with Gasteiger partial charge in [-0.1, -0.05) is 37.8 Å². The van der Waals surface area contributed by atoms with Crippen LogP contribution in [0, 0.1) is 0 Å². The van der Waals surface area contributed by atoms with Crippen LogP contribution in [0.1, 0.15) is 50.2 Å². The molecule has 0 saturated heterocycles. The summed E-state index contributed by atoms with van der Waals surface area (Å²) >= 11 is 0. The maximum atomic E-state index is 10.2. The summed E-state index contributed by atoms with van der Waals surface area (Å²) < 4.78 is 10.9. The lowest BCUT2D eigenvalue weighted by atomic mass is 9.92. The molecular formula is C17H27NO3. The Bertz CT molecular complexity index is 428.